The van der Waals surface area contributed by atoms with E-state index in [0.717, 1.165) is 4.68 Å². The van der Waals surface area contributed by atoms with Crippen molar-refractivity contribution in [2.24, 2.45) is 0 Å². The van der Waals surface area contributed by atoms with Crippen LogP contribution < -0.4 is 10.1 Å². The van der Waals surface area contributed by atoms with Gasteiger partial charge in [-0.1, -0.05) is 0 Å². The molecule has 14 heteroatoms. The normalized spacial score (nSPS) is 10.9. The highest BCUT2D eigenvalue weighted by Gasteiger charge is 2.26. The first-order chi connectivity index (χ1) is 17.1. The number of benzene rings is 2. The SMILES string of the molecule is O=C(Nc1ccn(Cc2c(F)c(F)c(F)c(F)c2F)n1)c1ccc(COc2ccc([N+](=O)[O-])cc2)o1. The van der Waals surface area contributed by atoms with E-state index in [1.807, 2.05) is 0 Å². The van der Waals surface area contributed by atoms with Crippen molar-refractivity contribution in [3.05, 3.63) is 105 Å². The van der Waals surface area contributed by atoms with E-state index in [-0.39, 0.29) is 29.6 Å². The largest absolute Gasteiger partial charge is 0.486 e. The molecule has 186 valence electrons. The van der Waals surface area contributed by atoms with Crippen molar-refractivity contribution in [3.63, 3.8) is 0 Å². The van der Waals surface area contributed by atoms with Crippen LogP contribution in [0.25, 0.3) is 0 Å². The van der Waals surface area contributed by atoms with Crippen molar-refractivity contribution < 1.29 is 40.8 Å². The summed E-state index contributed by atoms with van der Waals surface area (Å²) < 4.78 is 79.4. The molecule has 0 radical (unpaired) electrons. The third-order valence-corrected chi connectivity index (χ3v) is 4.82. The zero-order chi connectivity index (χ0) is 26.0. The van der Waals surface area contributed by atoms with Crippen LogP contribution in [0.2, 0.25) is 0 Å². The minimum atomic E-state index is -2.27. The lowest BCUT2D eigenvalue weighted by Crippen LogP contribution is -2.13. The number of carbonyl (C=O) groups is 1. The smallest absolute Gasteiger partial charge is 0.292 e. The van der Waals surface area contributed by atoms with Crippen molar-refractivity contribution in [1.82, 2.24) is 9.78 Å². The first kappa shape index (κ1) is 24.4. The van der Waals surface area contributed by atoms with Crippen molar-refractivity contribution in [1.29, 1.82) is 0 Å². The van der Waals surface area contributed by atoms with Crippen LogP contribution in [0.3, 0.4) is 0 Å². The van der Waals surface area contributed by atoms with E-state index in [0.29, 0.717) is 5.75 Å². The van der Waals surface area contributed by atoms with Crippen LogP contribution in [0.4, 0.5) is 33.5 Å². The van der Waals surface area contributed by atoms with Gasteiger partial charge in [0.25, 0.3) is 11.6 Å². The molecule has 0 fully saturated rings. The summed E-state index contributed by atoms with van der Waals surface area (Å²) in [6.07, 6.45) is 1.17. The van der Waals surface area contributed by atoms with Crippen LogP contribution in [0.15, 0.2) is 53.1 Å². The molecule has 4 aromatic rings. The Labute approximate surface area is 197 Å². The number of hydrogen-bond acceptors (Lipinski definition) is 6. The number of furan rings is 1. The highest BCUT2D eigenvalue weighted by Crippen LogP contribution is 2.24. The van der Waals surface area contributed by atoms with E-state index in [9.17, 15) is 36.9 Å². The maximum Gasteiger partial charge on any atom is 0.292 e. The lowest BCUT2D eigenvalue weighted by atomic mass is 10.1. The lowest BCUT2D eigenvalue weighted by molar-refractivity contribution is -0.384. The Morgan fingerprint density at radius 2 is 1.61 bits per heavy atom. The summed E-state index contributed by atoms with van der Waals surface area (Å²) in [5.41, 5.74) is -1.19. The van der Waals surface area contributed by atoms with Gasteiger partial charge in [0.1, 0.15) is 18.1 Å². The third kappa shape index (κ3) is 5.01. The highest BCUT2D eigenvalue weighted by molar-refractivity contribution is 6.01. The number of rotatable bonds is 8. The molecule has 2 heterocycles. The van der Waals surface area contributed by atoms with Gasteiger partial charge >= 0.3 is 0 Å². The van der Waals surface area contributed by atoms with Crippen LogP contribution >= 0.6 is 0 Å². The monoisotopic (exact) mass is 508 g/mol. The Morgan fingerprint density at radius 3 is 2.25 bits per heavy atom. The lowest BCUT2D eigenvalue weighted by Gasteiger charge is -2.08. The van der Waals surface area contributed by atoms with Crippen LogP contribution in [0, 0.1) is 39.2 Å². The molecule has 0 saturated heterocycles. The van der Waals surface area contributed by atoms with Gasteiger partial charge in [0.05, 0.1) is 17.0 Å². The number of nitrogens with zero attached hydrogens (tertiary/aromatic N) is 3. The fraction of sp³-hybridized carbons (Fsp3) is 0.0909. The minimum absolute atomic E-state index is 0.0797. The molecule has 0 aliphatic heterocycles. The predicted molar refractivity (Wildman–Crippen MR) is 112 cm³/mol. The molecular formula is C22H13F5N4O5. The van der Waals surface area contributed by atoms with Gasteiger partial charge in [-0.2, -0.15) is 5.10 Å². The number of aromatic nitrogens is 2. The van der Waals surface area contributed by atoms with Gasteiger partial charge in [-0.05, 0) is 24.3 Å². The van der Waals surface area contributed by atoms with Gasteiger partial charge in [-0.15, -0.1) is 0 Å². The van der Waals surface area contributed by atoms with Gasteiger partial charge in [0.2, 0.25) is 5.82 Å². The molecule has 0 spiro atoms. The minimum Gasteiger partial charge on any atom is -0.486 e. The molecule has 36 heavy (non-hydrogen) atoms. The van der Waals surface area contributed by atoms with E-state index >= 15 is 0 Å². The van der Waals surface area contributed by atoms with Crippen molar-refractivity contribution in [2.45, 2.75) is 13.2 Å². The molecule has 0 aliphatic rings. The maximum atomic E-state index is 13.9. The van der Waals surface area contributed by atoms with Crippen LogP contribution in [0.5, 0.6) is 5.75 Å². The average molecular weight is 508 g/mol. The summed E-state index contributed by atoms with van der Waals surface area (Å²) in [5.74, 6) is -10.7. The second kappa shape index (κ2) is 9.85. The van der Waals surface area contributed by atoms with E-state index in [2.05, 4.69) is 10.4 Å². The third-order valence-electron chi connectivity index (χ3n) is 4.82. The van der Waals surface area contributed by atoms with Crippen LogP contribution in [-0.4, -0.2) is 20.6 Å². The number of non-ortho nitro benzene ring substituents is 1. The zero-order valence-electron chi connectivity index (χ0n) is 17.8. The molecule has 1 N–H and O–H groups in total. The molecule has 0 aliphatic carbocycles. The quantitative estimate of drug-likeness (QED) is 0.118. The highest BCUT2D eigenvalue weighted by atomic mass is 19.2. The van der Waals surface area contributed by atoms with E-state index in [1.54, 1.807) is 0 Å². The zero-order valence-corrected chi connectivity index (χ0v) is 17.8. The molecule has 0 bridgehead atoms. The molecule has 9 nitrogen and oxygen atoms in total. The number of ether oxygens (including phenoxy) is 1. The standard InChI is InChI=1S/C22H13F5N4O5/c23-17-14(18(24)20(26)21(27)19(17)25)9-30-8-7-16(29-30)28-22(32)15-6-5-13(36-15)10-35-12-3-1-11(2-4-12)31(33)34/h1-8H,9-10H2,(H,28,29,32). The molecule has 0 unspecified atom stereocenters. The van der Waals surface area contributed by atoms with Gasteiger partial charge in [-0.25, -0.2) is 22.0 Å². The van der Waals surface area contributed by atoms with Crippen molar-refractivity contribution >= 4 is 17.4 Å². The van der Waals surface area contributed by atoms with E-state index in [1.165, 1.54) is 48.7 Å². The number of carbonyl (C=O) groups excluding carboxylic acids is 1. The summed E-state index contributed by atoms with van der Waals surface area (Å²) in [7, 11) is 0. The van der Waals surface area contributed by atoms with Gasteiger partial charge in [0.15, 0.2) is 34.8 Å². The fourth-order valence-electron chi connectivity index (χ4n) is 3.04. The predicted octanol–water partition coefficient (Wildman–Crippen LogP) is 4.96. The number of halogens is 5. The summed E-state index contributed by atoms with van der Waals surface area (Å²) >= 11 is 0. The van der Waals surface area contributed by atoms with Crippen LogP contribution in [0.1, 0.15) is 21.9 Å². The Bertz CT molecular complexity index is 1420. The van der Waals surface area contributed by atoms with Crippen LogP contribution in [-0.2, 0) is 13.2 Å². The number of amides is 1. The molecule has 0 saturated carbocycles. The number of anilines is 1. The second-order valence-electron chi connectivity index (χ2n) is 7.21. The summed E-state index contributed by atoms with van der Waals surface area (Å²) in [6.45, 7) is -0.867. The number of nitrogens with one attached hydrogen (secondary N) is 1. The summed E-state index contributed by atoms with van der Waals surface area (Å²) in [4.78, 5) is 22.5. The fourth-order valence-corrected chi connectivity index (χ4v) is 3.04. The Kier molecular flexibility index (Phi) is 6.67. The molecule has 1 amide bonds. The molecular weight excluding hydrogens is 495 g/mol. The molecule has 2 aromatic heterocycles. The van der Waals surface area contributed by atoms with E-state index in [4.69, 9.17) is 9.15 Å². The Morgan fingerprint density at radius 1 is 0.972 bits per heavy atom. The average Bonchev–Trinajstić information content (AvgIpc) is 3.53. The Hall–Kier alpha value is -4.75. The summed E-state index contributed by atoms with van der Waals surface area (Å²) in [5, 5.41) is 16.9. The van der Waals surface area contributed by atoms with Crippen molar-refractivity contribution in [2.75, 3.05) is 5.32 Å². The molecule has 4 rings (SSSR count). The number of hydrogen-bond donors (Lipinski definition) is 1. The topological polar surface area (TPSA) is 112 Å². The first-order valence-electron chi connectivity index (χ1n) is 9.95. The molecule has 0 atom stereocenters. The van der Waals surface area contributed by atoms with Gasteiger partial charge < -0.3 is 14.5 Å². The van der Waals surface area contributed by atoms with Crippen molar-refractivity contribution in [3.8, 4) is 5.75 Å². The van der Waals surface area contributed by atoms with Gasteiger partial charge in [-0.3, -0.25) is 19.6 Å². The van der Waals surface area contributed by atoms with E-state index < -0.39 is 52.0 Å². The first-order valence-corrected chi connectivity index (χ1v) is 9.95. The maximum absolute atomic E-state index is 13.9. The van der Waals surface area contributed by atoms with Gasteiger partial charge in [0, 0.05) is 24.4 Å². The molecule has 2 aromatic carbocycles. The Balaban J connectivity index is 1.37. The number of nitro groups is 1. The number of nitro benzene ring substituents is 1. The summed E-state index contributed by atoms with van der Waals surface area (Å²) in [6, 6.07) is 9.38. The second-order valence-corrected chi connectivity index (χ2v) is 7.21.